The van der Waals surface area contributed by atoms with Gasteiger partial charge in [0.1, 0.15) is 5.56 Å². The van der Waals surface area contributed by atoms with Gasteiger partial charge in [0.2, 0.25) is 0 Å². The van der Waals surface area contributed by atoms with E-state index in [0.717, 1.165) is 32.9 Å². The van der Waals surface area contributed by atoms with Gasteiger partial charge in [0, 0.05) is 22.6 Å². The Morgan fingerprint density at radius 1 is 1.25 bits per heavy atom. The van der Waals surface area contributed by atoms with Crippen molar-refractivity contribution in [2.75, 3.05) is 11.9 Å². The van der Waals surface area contributed by atoms with E-state index in [1.807, 2.05) is 37.3 Å². The molecular weight excluding hydrogens is 418 g/mol. The van der Waals surface area contributed by atoms with E-state index in [9.17, 15) is 10.1 Å². The number of carbonyl (C=O) groups excluding carboxylic acids is 1. The summed E-state index contributed by atoms with van der Waals surface area (Å²) in [5, 5.41) is 13.5. The lowest BCUT2D eigenvalue weighted by molar-refractivity contribution is 0.0527. The first-order valence-corrected chi connectivity index (χ1v) is 9.87. The number of nitrogens with one attached hydrogen (secondary N) is 1. The van der Waals surface area contributed by atoms with Gasteiger partial charge in [-0.05, 0) is 48.7 Å². The number of aromatic nitrogens is 1. The molecule has 0 unspecified atom stereocenters. The van der Waals surface area contributed by atoms with Crippen LogP contribution in [-0.2, 0) is 17.7 Å². The molecule has 6 heteroatoms. The molecule has 142 valence electrons. The summed E-state index contributed by atoms with van der Waals surface area (Å²) >= 11 is 3.43. The Balaban J connectivity index is 2.13. The van der Waals surface area contributed by atoms with E-state index in [1.54, 1.807) is 19.2 Å². The fourth-order valence-electron chi connectivity index (χ4n) is 3.06. The maximum absolute atomic E-state index is 12.5. The first-order valence-electron chi connectivity index (χ1n) is 9.08. The lowest BCUT2D eigenvalue weighted by Gasteiger charge is -2.16. The Morgan fingerprint density at radius 2 is 2.00 bits per heavy atom. The van der Waals surface area contributed by atoms with Crippen LogP contribution in [0.2, 0.25) is 0 Å². The molecule has 1 N–H and O–H groups in total. The van der Waals surface area contributed by atoms with E-state index in [1.165, 1.54) is 0 Å². The van der Waals surface area contributed by atoms with Gasteiger partial charge in [-0.25, -0.2) is 4.79 Å². The predicted octanol–water partition coefficient (Wildman–Crippen LogP) is 5.22. The standard InChI is InChI=1S/C22H20BrN3O2/c1-3-16-9-15(11-24)10-18-20(16)26-13-19(22(27)28-4-2)21(18)25-12-14-5-7-17(23)8-6-14/h5-10,13H,3-4,12H2,1-2H3,(H,25,26). The molecule has 0 saturated carbocycles. The summed E-state index contributed by atoms with van der Waals surface area (Å²) in [5.74, 6) is -0.435. The molecule has 0 aliphatic rings. The fraction of sp³-hybridized carbons (Fsp3) is 0.227. The molecule has 0 amide bonds. The molecule has 0 fully saturated rings. The van der Waals surface area contributed by atoms with Gasteiger partial charge in [-0.3, -0.25) is 4.98 Å². The summed E-state index contributed by atoms with van der Waals surface area (Å²) in [4.78, 5) is 17.0. The second-order valence-electron chi connectivity index (χ2n) is 6.24. The van der Waals surface area contributed by atoms with Crippen LogP contribution in [0.5, 0.6) is 0 Å². The highest BCUT2D eigenvalue weighted by Crippen LogP contribution is 2.31. The van der Waals surface area contributed by atoms with Crippen molar-refractivity contribution in [3.05, 3.63) is 69.3 Å². The predicted molar refractivity (Wildman–Crippen MR) is 113 cm³/mol. The van der Waals surface area contributed by atoms with Crippen LogP contribution in [-0.4, -0.2) is 17.6 Å². The van der Waals surface area contributed by atoms with E-state index in [0.29, 0.717) is 23.4 Å². The lowest BCUT2D eigenvalue weighted by atomic mass is 10.0. The van der Waals surface area contributed by atoms with E-state index in [4.69, 9.17) is 4.74 Å². The lowest BCUT2D eigenvalue weighted by Crippen LogP contribution is -2.11. The Labute approximate surface area is 172 Å². The maximum Gasteiger partial charge on any atom is 0.341 e. The number of nitriles is 1. The minimum Gasteiger partial charge on any atom is -0.462 e. The van der Waals surface area contributed by atoms with E-state index in [-0.39, 0.29) is 6.61 Å². The van der Waals surface area contributed by atoms with Gasteiger partial charge >= 0.3 is 5.97 Å². The van der Waals surface area contributed by atoms with Crippen molar-refractivity contribution < 1.29 is 9.53 Å². The number of fused-ring (bicyclic) bond motifs is 1. The van der Waals surface area contributed by atoms with Gasteiger partial charge in [0.05, 0.1) is 29.4 Å². The van der Waals surface area contributed by atoms with Gasteiger partial charge in [0.15, 0.2) is 0 Å². The number of nitrogens with zero attached hydrogens (tertiary/aromatic N) is 2. The fourth-order valence-corrected chi connectivity index (χ4v) is 3.32. The summed E-state index contributed by atoms with van der Waals surface area (Å²) in [6.45, 7) is 4.59. The number of anilines is 1. The van der Waals surface area contributed by atoms with Crippen LogP contribution >= 0.6 is 15.9 Å². The van der Waals surface area contributed by atoms with E-state index >= 15 is 0 Å². The summed E-state index contributed by atoms with van der Waals surface area (Å²) in [7, 11) is 0. The summed E-state index contributed by atoms with van der Waals surface area (Å²) in [6, 6.07) is 13.8. The normalized spacial score (nSPS) is 10.5. The highest BCUT2D eigenvalue weighted by molar-refractivity contribution is 9.10. The van der Waals surface area contributed by atoms with Gasteiger partial charge in [0.25, 0.3) is 0 Å². The highest BCUT2D eigenvalue weighted by Gasteiger charge is 2.18. The molecule has 3 rings (SSSR count). The van der Waals surface area contributed by atoms with Crippen LogP contribution < -0.4 is 5.32 Å². The zero-order valence-corrected chi connectivity index (χ0v) is 17.3. The average Bonchev–Trinajstić information content (AvgIpc) is 2.72. The minimum atomic E-state index is -0.435. The molecule has 0 saturated heterocycles. The summed E-state index contributed by atoms with van der Waals surface area (Å²) < 4.78 is 6.21. The topological polar surface area (TPSA) is 75.0 Å². The van der Waals surface area contributed by atoms with E-state index < -0.39 is 5.97 Å². The zero-order chi connectivity index (χ0) is 20.1. The number of halogens is 1. The van der Waals surface area contributed by atoms with Gasteiger partial charge < -0.3 is 10.1 Å². The number of esters is 1. The third kappa shape index (κ3) is 4.15. The van der Waals surface area contributed by atoms with Crippen LogP contribution in [0.15, 0.2) is 47.1 Å². The molecule has 0 atom stereocenters. The van der Waals surface area contributed by atoms with Crippen LogP contribution in [0.4, 0.5) is 5.69 Å². The second-order valence-corrected chi connectivity index (χ2v) is 7.16. The van der Waals surface area contributed by atoms with Crippen molar-refractivity contribution in [1.29, 1.82) is 5.26 Å². The molecule has 28 heavy (non-hydrogen) atoms. The Kier molecular flexibility index (Phi) is 6.27. The molecule has 2 aromatic carbocycles. The summed E-state index contributed by atoms with van der Waals surface area (Å²) in [5.41, 5.74) is 4.36. The number of carbonyl (C=O) groups is 1. The number of ether oxygens (including phenoxy) is 1. The first kappa shape index (κ1) is 19.8. The highest BCUT2D eigenvalue weighted by atomic mass is 79.9. The molecule has 0 radical (unpaired) electrons. The largest absolute Gasteiger partial charge is 0.462 e. The molecule has 1 aromatic heterocycles. The number of hydrogen-bond donors (Lipinski definition) is 1. The molecular formula is C22H20BrN3O2. The molecule has 1 heterocycles. The third-order valence-electron chi connectivity index (χ3n) is 4.44. The molecule has 5 nitrogen and oxygen atoms in total. The Bertz CT molecular complexity index is 1060. The summed E-state index contributed by atoms with van der Waals surface area (Å²) in [6.07, 6.45) is 2.29. The number of aryl methyl sites for hydroxylation is 1. The number of benzene rings is 2. The molecule has 0 aliphatic heterocycles. The second kappa shape index (κ2) is 8.85. The van der Waals surface area contributed by atoms with Crippen LogP contribution in [0.3, 0.4) is 0 Å². The quantitative estimate of drug-likeness (QED) is 0.534. The Morgan fingerprint density at radius 3 is 2.64 bits per heavy atom. The number of hydrogen-bond acceptors (Lipinski definition) is 5. The van der Waals surface area contributed by atoms with Crippen molar-refractivity contribution >= 4 is 38.5 Å². The maximum atomic E-state index is 12.5. The third-order valence-corrected chi connectivity index (χ3v) is 4.97. The Hall–Kier alpha value is -2.91. The van der Waals surface area contributed by atoms with Gasteiger partial charge in [-0.2, -0.15) is 5.26 Å². The average molecular weight is 438 g/mol. The monoisotopic (exact) mass is 437 g/mol. The number of pyridine rings is 1. The van der Waals surface area contributed by atoms with E-state index in [2.05, 4.69) is 32.3 Å². The van der Waals surface area contributed by atoms with Crippen molar-refractivity contribution in [3.63, 3.8) is 0 Å². The molecule has 0 aliphatic carbocycles. The number of rotatable bonds is 6. The van der Waals surface area contributed by atoms with Crippen molar-refractivity contribution in [2.24, 2.45) is 0 Å². The van der Waals surface area contributed by atoms with Crippen molar-refractivity contribution in [3.8, 4) is 6.07 Å². The van der Waals surface area contributed by atoms with Crippen LogP contribution in [0.25, 0.3) is 10.9 Å². The first-order chi connectivity index (χ1) is 13.6. The molecule has 0 spiro atoms. The van der Waals surface area contributed by atoms with Crippen molar-refractivity contribution in [2.45, 2.75) is 26.8 Å². The SMILES string of the molecule is CCOC(=O)c1cnc2c(CC)cc(C#N)cc2c1NCc1ccc(Br)cc1. The zero-order valence-electron chi connectivity index (χ0n) is 15.8. The smallest absolute Gasteiger partial charge is 0.341 e. The van der Waals surface area contributed by atoms with Gasteiger partial charge in [-0.1, -0.05) is 35.0 Å². The molecule has 3 aromatic rings. The van der Waals surface area contributed by atoms with Gasteiger partial charge in [-0.15, -0.1) is 0 Å². The van der Waals surface area contributed by atoms with Crippen molar-refractivity contribution in [1.82, 2.24) is 4.98 Å². The van der Waals surface area contributed by atoms with Crippen LogP contribution in [0, 0.1) is 11.3 Å². The molecule has 0 bridgehead atoms. The van der Waals surface area contributed by atoms with Crippen LogP contribution in [0.1, 0.15) is 40.9 Å². The minimum absolute atomic E-state index is 0.279.